The van der Waals surface area contributed by atoms with Crippen LogP contribution in [-0.2, 0) is 19.4 Å². The van der Waals surface area contributed by atoms with E-state index in [0.29, 0.717) is 11.6 Å². The molecule has 200 valence electrons. The molecule has 5 rings (SSSR count). The molecule has 0 aliphatic carbocycles. The molecule has 1 fully saturated rings. The molecule has 0 amide bonds. The van der Waals surface area contributed by atoms with Crippen molar-refractivity contribution in [1.82, 2.24) is 14.9 Å². The van der Waals surface area contributed by atoms with E-state index in [2.05, 4.69) is 52.3 Å². The molecule has 0 spiro atoms. The first-order valence-corrected chi connectivity index (χ1v) is 14.2. The second-order valence-corrected chi connectivity index (χ2v) is 10.8. The maximum absolute atomic E-state index is 5.96. The smallest absolute Gasteiger partial charge is 0.149 e. The van der Waals surface area contributed by atoms with E-state index >= 15 is 0 Å². The molecule has 5 nitrogen and oxygen atoms in total. The van der Waals surface area contributed by atoms with Crippen molar-refractivity contribution in [3.05, 3.63) is 88.7 Å². The van der Waals surface area contributed by atoms with Crippen LogP contribution in [-0.4, -0.2) is 41.6 Å². The number of hydrogen-bond acceptors (Lipinski definition) is 4. The summed E-state index contributed by atoms with van der Waals surface area (Å²) in [5.41, 5.74) is 4.53. The van der Waals surface area contributed by atoms with Gasteiger partial charge in [0.15, 0.2) is 0 Å². The Bertz CT molecular complexity index is 1280. The molecule has 0 saturated carbocycles. The lowest BCUT2D eigenvalue weighted by Crippen LogP contribution is -2.34. The number of aromatic amines is 1. The quantitative estimate of drug-likeness (QED) is 0.206. The molecule has 1 aromatic heterocycles. The van der Waals surface area contributed by atoms with Crippen LogP contribution in [0.5, 0.6) is 11.5 Å². The highest BCUT2D eigenvalue weighted by Crippen LogP contribution is 2.31. The van der Waals surface area contributed by atoms with Crippen LogP contribution in [0.25, 0.3) is 11.0 Å². The molecule has 38 heavy (non-hydrogen) atoms. The van der Waals surface area contributed by atoms with Crippen molar-refractivity contribution in [3.8, 4) is 11.5 Å². The Labute approximate surface area is 231 Å². The fraction of sp³-hybridized carbons (Fsp3) is 0.406. The monoisotopic (exact) mass is 531 g/mol. The van der Waals surface area contributed by atoms with E-state index in [-0.39, 0.29) is 0 Å². The average Bonchev–Trinajstić information content (AvgIpc) is 3.37. The zero-order valence-corrected chi connectivity index (χ0v) is 23.1. The summed E-state index contributed by atoms with van der Waals surface area (Å²) in [6.45, 7) is 4.06. The van der Waals surface area contributed by atoms with Crippen molar-refractivity contribution in [2.45, 2.75) is 51.6 Å². The van der Waals surface area contributed by atoms with E-state index < -0.39 is 0 Å². The molecule has 0 radical (unpaired) electrons. The first-order chi connectivity index (χ1) is 18.7. The second-order valence-electron chi connectivity index (χ2n) is 10.3. The van der Waals surface area contributed by atoms with Gasteiger partial charge in [-0.1, -0.05) is 54.4 Å². The van der Waals surface area contributed by atoms with Crippen LogP contribution in [0, 0.1) is 5.92 Å². The molecule has 1 aliphatic heterocycles. The van der Waals surface area contributed by atoms with Gasteiger partial charge >= 0.3 is 0 Å². The van der Waals surface area contributed by atoms with Crippen molar-refractivity contribution in [1.29, 1.82) is 0 Å². The Hall–Kier alpha value is -3.02. The number of likely N-dealkylation sites (tertiary alicyclic amines) is 1. The van der Waals surface area contributed by atoms with Gasteiger partial charge in [-0.3, -0.25) is 0 Å². The molecule has 4 aromatic rings. The van der Waals surface area contributed by atoms with Gasteiger partial charge in [0.2, 0.25) is 0 Å². The molecule has 3 aromatic carbocycles. The number of aromatic nitrogens is 2. The number of piperidine rings is 1. The first kappa shape index (κ1) is 26.6. The van der Waals surface area contributed by atoms with Crippen LogP contribution >= 0.6 is 11.6 Å². The number of benzene rings is 3. The average molecular weight is 532 g/mol. The highest BCUT2D eigenvalue weighted by molar-refractivity contribution is 6.30. The van der Waals surface area contributed by atoms with Crippen molar-refractivity contribution >= 4 is 22.6 Å². The molecule has 0 atom stereocenters. The van der Waals surface area contributed by atoms with Gasteiger partial charge < -0.3 is 19.4 Å². The van der Waals surface area contributed by atoms with E-state index in [1.54, 1.807) is 7.11 Å². The van der Waals surface area contributed by atoms with Crippen molar-refractivity contribution in [2.75, 3.05) is 26.7 Å². The standard InChI is InChI=1S/C32H38ClN3O2/c1-37-32-26(12-17-29-31(32)35-30(34-29)23-38-28-15-13-27(33)14-16-28)11-5-9-25-18-21-36(22-19-25)20-6-10-24-7-3-2-4-8-24/h2-4,7-8,12-17,25H,5-6,9-11,18-23H2,1H3,(H,34,35). The van der Waals surface area contributed by atoms with E-state index in [4.69, 9.17) is 26.1 Å². The Balaban J connectivity index is 1.07. The van der Waals surface area contributed by atoms with Gasteiger partial charge in [-0.2, -0.15) is 0 Å². The van der Waals surface area contributed by atoms with Crippen LogP contribution in [0.3, 0.4) is 0 Å². The van der Waals surface area contributed by atoms with E-state index in [0.717, 1.165) is 40.7 Å². The molecule has 0 bridgehead atoms. The lowest BCUT2D eigenvalue weighted by Gasteiger charge is -2.32. The fourth-order valence-corrected chi connectivity index (χ4v) is 5.68. The zero-order chi connectivity index (χ0) is 26.2. The number of nitrogens with zero attached hydrogens (tertiary/aromatic N) is 2. The zero-order valence-electron chi connectivity index (χ0n) is 22.3. The van der Waals surface area contributed by atoms with Crippen molar-refractivity contribution in [2.24, 2.45) is 5.92 Å². The number of rotatable bonds is 12. The number of imidazole rings is 1. The Morgan fingerprint density at radius 3 is 2.50 bits per heavy atom. The van der Waals surface area contributed by atoms with E-state index in [1.807, 2.05) is 24.3 Å². The number of aryl methyl sites for hydroxylation is 2. The fourth-order valence-electron chi connectivity index (χ4n) is 5.55. The normalized spacial score (nSPS) is 14.7. The third kappa shape index (κ3) is 7.09. The molecule has 0 unspecified atom stereocenters. The highest BCUT2D eigenvalue weighted by atomic mass is 35.5. The minimum atomic E-state index is 0.361. The Morgan fingerprint density at radius 1 is 0.947 bits per heavy atom. The van der Waals surface area contributed by atoms with Gasteiger partial charge in [-0.25, -0.2) is 4.98 Å². The predicted molar refractivity (Wildman–Crippen MR) is 155 cm³/mol. The van der Waals surface area contributed by atoms with Gasteiger partial charge in [0.05, 0.1) is 12.6 Å². The van der Waals surface area contributed by atoms with Crippen LogP contribution in [0.2, 0.25) is 5.02 Å². The minimum Gasteiger partial charge on any atom is -0.494 e. The number of methoxy groups -OCH3 is 1. The molecular formula is C32H38ClN3O2. The molecule has 1 aliphatic rings. The molecule has 6 heteroatoms. The minimum absolute atomic E-state index is 0.361. The van der Waals surface area contributed by atoms with Gasteiger partial charge in [0.25, 0.3) is 0 Å². The summed E-state index contributed by atoms with van der Waals surface area (Å²) in [4.78, 5) is 10.8. The van der Waals surface area contributed by atoms with Crippen LogP contribution in [0.15, 0.2) is 66.7 Å². The summed E-state index contributed by atoms with van der Waals surface area (Å²) in [7, 11) is 1.74. The number of ether oxygens (including phenoxy) is 2. The van der Waals surface area contributed by atoms with E-state index in [1.165, 1.54) is 69.3 Å². The predicted octanol–water partition coefficient (Wildman–Crippen LogP) is 7.47. The largest absolute Gasteiger partial charge is 0.494 e. The summed E-state index contributed by atoms with van der Waals surface area (Å²) in [5, 5.41) is 0.693. The lowest BCUT2D eigenvalue weighted by molar-refractivity contribution is 0.176. The molecular weight excluding hydrogens is 494 g/mol. The van der Waals surface area contributed by atoms with Crippen LogP contribution < -0.4 is 9.47 Å². The number of fused-ring (bicyclic) bond motifs is 1. The van der Waals surface area contributed by atoms with Crippen molar-refractivity contribution in [3.63, 3.8) is 0 Å². The summed E-state index contributed by atoms with van der Waals surface area (Å²) in [5.74, 6) is 3.25. The summed E-state index contributed by atoms with van der Waals surface area (Å²) in [6, 6.07) is 22.5. The SMILES string of the molecule is COc1c(CCCC2CCN(CCCc3ccccc3)CC2)ccc2[nH]c(COc3ccc(Cl)cc3)nc12. The topological polar surface area (TPSA) is 50.4 Å². The first-order valence-electron chi connectivity index (χ1n) is 13.9. The number of hydrogen-bond donors (Lipinski definition) is 1. The lowest BCUT2D eigenvalue weighted by atomic mass is 9.90. The van der Waals surface area contributed by atoms with Crippen molar-refractivity contribution < 1.29 is 9.47 Å². The molecule has 2 heterocycles. The van der Waals surface area contributed by atoms with Gasteiger partial charge in [-0.15, -0.1) is 0 Å². The van der Waals surface area contributed by atoms with Gasteiger partial charge in [0.1, 0.15) is 29.4 Å². The van der Waals surface area contributed by atoms with Crippen LogP contribution in [0.4, 0.5) is 0 Å². The number of nitrogens with one attached hydrogen (secondary N) is 1. The molecule has 1 N–H and O–H groups in total. The Morgan fingerprint density at radius 2 is 1.74 bits per heavy atom. The number of H-pyrrole nitrogens is 1. The second kappa shape index (κ2) is 13.2. The summed E-state index contributed by atoms with van der Waals surface area (Å²) in [6.07, 6.45) is 8.53. The molecule has 1 saturated heterocycles. The highest BCUT2D eigenvalue weighted by Gasteiger charge is 2.19. The summed E-state index contributed by atoms with van der Waals surface area (Å²) >= 11 is 5.96. The maximum Gasteiger partial charge on any atom is 0.149 e. The Kier molecular flexibility index (Phi) is 9.21. The number of halogens is 1. The van der Waals surface area contributed by atoms with E-state index in [9.17, 15) is 0 Å². The maximum atomic E-state index is 5.96. The third-order valence-electron chi connectivity index (χ3n) is 7.68. The summed E-state index contributed by atoms with van der Waals surface area (Å²) < 4.78 is 11.7. The van der Waals surface area contributed by atoms with Gasteiger partial charge in [0, 0.05) is 5.02 Å². The third-order valence-corrected chi connectivity index (χ3v) is 7.93. The van der Waals surface area contributed by atoms with Gasteiger partial charge in [-0.05, 0) is 106 Å². The van der Waals surface area contributed by atoms with Crippen LogP contribution in [0.1, 0.15) is 49.1 Å².